The van der Waals surface area contributed by atoms with Gasteiger partial charge in [-0.3, -0.25) is 9.78 Å². The van der Waals surface area contributed by atoms with Crippen molar-refractivity contribution in [2.24, 2.45) is 11.8 Å². The summed E-state index contributed by atoms with van der Waals surface area (Å²) in [6.45, 7) is 2.81. The van der Waals surface area contributed by atoms with Gasteiger partial charge in [0.25, 0.3) is 5.91 Å². The molecule has 2 rings (SSSR count). The molecule has 96 valence electrons. The molecule has 5 heteroatoms. The molecule has 1 aromatic rings. The quantitative estimate of drug-likeness (QED) is 0.876. The number of hydrogen-bond acceptors (Lipinski definition) is 3. The first kappa shape index (κ1) is 12.5. The van der Waals surface area contributed by atoms with Crippen LogP contribution < -0.4 is 0 Å². The van der Waals surface area contributed by atoms with Crippen molar-refractivity contribution >= 4 is 11.9 Å². The molecule has 1 saturated carbocycles. The maximum absolute atomic E-state index is 12.1. The van der Waals surface area contributed by atoms with Crippen LogP contribution in [0, 0.1) is 11.8 Å². The van der Waals surface area contributed by atoms with E-state index in [9.17, 15) is 9.59 Å². The lowest BCUT2D eigenvalue weighted by molar-refractivity contribution is 0.0678. The van der Waals surface area contributed by atoms with Gasteiger partial charge in [0, 0.05) is 19.8 Å². The predicted molar refractivity (Wildman–Crippen MR) is 65.4 cm³/mol. The van der Waals surface area contributed by atoms with Gasteiger partial charge in [-0.2, -0.15) is 0 Å². The van der Waals surface area contributed by atoms with Gasteiger partial charge in [0.1, 0.15) is 5.69 Å². The fraction of sp³-hybridized carbons (Fsp3) is 0.462. The smallest absolute Gasteiger partial charge is 0.338 e. The molecule has 0 aliphatic heterocycles. The number of nitrogens with zero attached hydrogens (tertiary/aromatic N) is 2. The first-order valence-electron chi connectivity index (χ1n) is 5.94. The second-order valence-electron chi connectivity index (χ2n) is 4.86. The molecular weight excluding hydrogens is 232 g/mol. The highest BCUT2D eigenvalue weighted by Crippen LogP contribution is 2.38. The Hall–Kier alpha value is -1.91. The molecule has 1 aliphatic rings. The SMILES string of the molecule is CC1CC1CN(C)C(=O)c1ncccc1C(=O)O. The van der Waals surface area contributed by atoms with E-state index in [2.05, 4.69) is 11.9 Å². The number of rotatable bonds is 4. The highest BCUT2D eigenvalue weighted by Gasteiger charge is 2.35. The predicted octanol–water partition coefficient (Wildman–Crippen LogP) is 1.51. The number of aromatic nitrogens is 1. The van der Waals surface area contributed by atoms with Gasteiger partial charge >= 0.3 is 5.97 Å². The molecule has 0 bridgehead atoms. The summed E-state index contributed by atoms with van der Waals surface area (Å²) < 4.78 is 0. The molecule has 0 spiro atoms. The summed E-state index contributed by atoms with van der Waals surface area (Å²) in [4.78, 5) is 28.6. The van der Waals surface area contributed by atoms with E-state index in [1.54, 1.807) is 11.9 Å². The van der Waals surface area contributed by atoms with Crippen LogP contribution in [0.15, 0.2) is 18.3 Å². The summed E-state index contributed by atoms with van der Waals surface area (Å²) in [6, 6.07) is 2.92. The van der Waals surface area contributed by atoms with Crippen LogP contribution in [-0.4, -0.2) is 40.5 Å². The molecule has 0 saturated heterocycles. The van der Waals surface area contributed by atoms with Crippen molar-refractivity contribution in [2.45, 2.75) is 13.3 Å². The molecule has 18 heavy (non-hydrogen) atoms. The monoisotopic (exact) mass is 248 g/mol. The van der Waals surface area contributed by atoms with Crippen molar-refractivity contribution < 1.29 is 14.7 Å². The number of carboxylic acids is 1. The van der Waals surface area contributed by atoms with Crippen LogP contribution in [0.1, 0.15) is 34.2 Å². The van der Waals surface area contributed by atoms with E-state index >= 15 is 0 Å². The number of carboxylic acid groups (broad SMARTS) is 1. The summed E-state index contributed by atoms with van der Waals surface area (Å²) >= 11 is 0. The Balaban J connectivity index is 2.15. The van der Waals surface area contributed by atoms with Gasteiger partial charge in [-0.15, -0.1) is 0 Å². The highest BCUT2D eigenvalue weighted by atomic mass is 16.4. The number of carbonyl (C=O) groups is 2. The average molecular weight is 248 g/mol. The second kappa shape index (κ2) is 4.76. The zero-order valence-corrected chi connectivity index (χ0v) is 10.5. The molecule has 1 fully saturated rings. The lowest BCUT2D eigenvalue weighted by Gasteiger charge is -2.17. The Labute approximate surface area is 105 Å². The highest BCUT2D eigenvalue weighted by molar-refractivity contribution is 6.03. The van der Waals surface area contributed by atoms with E-state index in [4.69, 9.17) is 5.11 Å². The Morgan fingerprint density at radius 2 is 2.22 bits per heavy atom. The van der Waals surface area contributed by atoms with Crippen LogP contribution in [0.5, 0.6) is 0 Å². The third-order valence-corrected chi connectivity index (χ3v) is 3.37. The van der Waals surface area contributed by atoms with Gasteiger partial charge in [0.15, 0.2) is 0 Å². The minimum atomic E-state index is -1.13. The van der Waals surface area contributed by atoms with Gasteiger partial charge in [-0.25, -0.2) is 4.79 Å². The van der Waals surface area contributed by atoms with Crippen LogP contribution in [0.4, 0.5) is 0 Å². The fourth-order valence-electron chi connectivity index (χ4n) is 2.02. The molecule has 2 unspecified atom stereocenters. The molecule has 0 aromatic carbocycles. The number of carbonyl (C=O) groups excluding carboxylic acids is 1. The van der Waals surface area contributed by atoms with Crippen LogP contribution in [0.3, 0.4) is 0 Å². The number of aromatic carboxylic acids is 1. The molecular formula is C13H16N2O3. The van der Waals surface area contributed by atoms with Crippen LogP contribution in [-0.2, 0) is 0 Å². The first-order valence-corrected chi connectivity index (χ1v) is 5.94. The number of amides is 1. The molecule has 2 atom stereocenters. The third kappa shape index (κ3) is 2.50. The van der Waals surface area contributed by atoms with Gasteiger partial charge in [0.2, 0.25) is 0 Å². The molecule has 1 N–H and O–H groups in total. The lowest BCUT2D eigenvalue weighted by atomic mass is 10.1. The summed E-state index contributed by atoms with van der Waals surface area (Å²) in [6.07, 6.45) is 2.57. The largest absolute Gasteiger partial charge is 0.478 e. The fourth-order valence-corrected chi connectivity index (χ4v) is 2.02. The maximum atomic E-state index is 12.1. The van der Waals surface area contributed by atoms with Crippen molar-refractivity contribution in [2.75, 3.05) is 13.6 Å². The van der Waals surface area contributed by atoms with Crippen LogP contribution in [0.25, 0.3) is 0 Å². The standard InChI is InChI=1S/C13H16N2O3/c1-8-6-9(8)7-15(2)12(16)11-10(13(17)18)4-3-5-14-11/h3-5,8-9H,6-7H2,1-2H3,(H,17,18). The zero-order valence-electron chi connectivity index (χ0n) is 10.5. The first-order chi connectivity index (χ1) is 8.50. The summed E-state index contributed by atoms with van der Waals surface area (Å²) in [7, 11) is 1.69. The topological polar surface area (TPSA) is 70.5 Å². The average Bonchev–Trinajstić information content (AvgIpc) is 3.03. The van der Waals surface area contributed by atoms with Gasteiger partial charge in [0.05, 0.1) is 5.56 Å². The molecule has 0 radical (unpaired) electrons. The van der Waals surface area contributed by atoms with Crippen molar-refractivity contribution in [3.05, 3.63) is 29.6 Å². The van der Waals surface area contributed by atoms with E-state index in [1.807, 2.05) is 0 Å². The van der Waals surface area contributed by atoms with E-state index in [-0.39, 0.29) is 17.2 Å². The molecule has 5 nitrogen and oxygen atoms in total. The van der Waals surface area contributed by atoms with E-state index in [0.717, 1.165) is 6.42 Å². The normalized spacial score (nSPS) is 21.4. The lowest BCUT2D eigenvalue weighted by Crippen LogP contribution is -2.31. The minimum absolute atomic E-state index is 0.0146. The van der Waals surface area contributed by atoms with Crippen LogP contribution in [0.2, 0.25) is 0 Å². The van der Waals surface area contributed by atoms with Gasteiger partial charge < -0.3 is 10.0 Å². The van der Waals surface area contributed by atoms with Crippen molar-refractivity contribution in [3.8, 4) is 0 Å². The van der Waals surface area contributed by atoms with Crippen molar-refractivity contribution in [3.63, 3.8) is 0 Å². The molecule has 1 heterocycles. The Bertz CT molecular complexity index is 487. The maximum Gasteiger partial charge on any atom is 0.338 e. The summed E-state index contributed by atoms with van der Waals surface area (Å²) in [5, 5.41) is 9.02. The zero-order chi connectivity index (χ0) is 13.3. The van der Waals surface area contributed by atoms with Crippen molar-refractivity contribution in [1.29, 1.82) is 0 Å². The summed E-state index contributed by atoms with van der Waals surface area (Å²) in [5.41, 5.74) is -0.0287. The number of pyridine rings is 1. The Kier molecular flexibility index (Phi) is 3.32. The summed E-state index contributed by atoms with van der Waals surface area (Å²) in [5.74, 6) is -0.259. The second-order valence-corrected chi connectivity index (χ2v) is 4.86. The van der Waals surface area contributed by atoms with E-state index in [0.29, 0.717) is 18.4 Å². The van der Waals surface area contributed by atoms with Crippen molar-refractivity contribution in [1.82, 2.24) is 9.88 Å². The number of hydrogen-bond donors (Lipinski definition) is 1. The third-order valence-electron chi connectivity index (χ3n) is 3.37. The Morgan fingerprint density at radius 1 is 1.56 bits per heavy atom. The molecule has 1 aromatic heterocycles. The van der Waals surface area contributed by atoms with Gasteiger partial charge in [-0.05, 0) is 30.4 Å². The minimum Gasteiger partial charge on any atom is -0.478 e. The molecule has 1 amide bonds. The van der Waals surface area contributed by atoms with Crippen LogP contribution >= 0.6 is 0 Å². The molecule has 1 aliphatic carbocycles. The van der Waals surface area contributed by atoms with E-state index < -0.39 is 5.97 Å². The van der Waals surface area contributed by atoms with E-state index in [1.165, 1.54) is 18.3 Å². The Morgan fingerprint density at radius 3 is 2.78 bits per heavy atom. The van der Waals surface area contributed by atoms with Gasteiger partial charge in [-0.1, -0.05) is 6.92 Å².